The number of aryl methyl sites for hydroxylation is 1. The summed E-state index contributed by atoms with van der Waals surface area (Å²) in [5, 5.41) is 0. The molecular weight excluding hydrogens is 452 g/mol. The molecule has 2 heterocycles. The molecule has 0 saturated carbocycles. The van der Waals surface area contributed by atoms with Crippen LogP contribution >= 0.6 is 11.3 Å². The monoisotopic (exact) mass is 478 g/mol. The SMILES string of the molecule is CCOc1ccc([C@H]2C(C(=O)OC)=CN=c3s/c(=C\c4cccc(C)c4)c(=O)n32)cc1OCC. The third-order valence-electron chi connectivity index (χ3n) is 5.35. The predicted molar refractivity (Wildman–Crippen MR) is 131 cm³/mol. The molecule has 176 valence electrons. The van der Waals surface area contributed by atoms with Crippen molar-refractivity contribution in [3.63, 3.8) is 0 Å². The Kier molecular flexibility index (Phi) is 6.98. The topological polar surface area (TPSA) is 79.1 Å². The van der Waals surface area contributed by atoms with Crippen molar-refractivity contribution < 1.29 is 19.0 Å². The average molecular weight is 479 g/mol. The van der Waals surface area contributed by atoms with Gasteiger partial charge < -0.3 is 14.2 Å². The van der Waals surface area contributed by atoms with Gasteiger partial charge in [0.25, 0.3) is 5.56 Å². The minimum absolute atomic E-state index is 0.225. The van der Waals surface area contributed by atoms with Gasteiger partial charge in [-0.2, -0.15) is 0 Å². The van der Waals surface area contributed by atoms with E-state index in [9.17, 15) is 9.59 Å². The fourth-order valence-electron chi connectivity index (χ4n) is 3.90. The second kappa shape index (κ2) is 10.1. The van der Waals surface area contributed by atoms with E-state index in [0.29, 0.717) is 39.6 Å². The van der Waals surface area contributed by atoms with Crippen LogP contribution in [0, 0.1) is 6.92 Å². The van der Waals surface area contributed by atoms with Crippen molar-refractivity contribution in [2.75, 3.05) is 20.3 Å². The lowest BCUT2D eigenvalue weighted by Gasteiger charge is -2.23. The normalized spacial score (nSPS) is 15.2. The molecule has 34 heavy (non-hydrogen) atoms. The Morgan fingerprint density at radius 1 is 1.12 bits per heavy atom. The van der Waals surface area contributed by atoms with Crippen molar-refractivity contribution in [2.24, 2.45) is 4.99 Å². The van der Waals surface area contributed by atoms with Gasteiger partial charge in [-0.25, -0.2) is 9.79 Å². The standard InChI is InChI=1S/C26H26N2O5S/c1-5-32-20-11-10-18(14-21(20)33-6-2)23-19(25(30)31-4)15-27-26-28(23)24(29)22(34-26)13-17-9-7-8-16(3)12-17/h7-15,23H,5-6H2,1-4H3/b22-13-/t23-/m0/s1. The molecule has 1 aliphatic heterocycles. The number of carbonyl (C=O) groups excluding carboxylic acids is 1. The highest BCUT2D eigenvalue weighted by atomic mass is 32.1. The zero-order valence-electron chi connectivity index (χ0n) is 19.5. The lowest BCUT2D eigenvalue weighted by Crippen LogP contribution is -2.39. The minimum Gasteiger partial charge on any atom is -0.490 e. The maximum atomic E-state index is 13.6. The summed E-state index contributed by atoms with van der Waals surface area (Å²) in [6.07, 6.45) is 3.33. The molecule has 2 aromatic carbocycles. The van der Waals surface area contributed by atoms with Gasteiger partial charge in [0.1, 0.15) is 0 Å². The Morgan fingerprint density at radius 2 is 1.88 bits per heavy atom. The number of hydrogen-bond donors (Lipinski definition) is 0. The number of benzene rings is 2. The Morgan fingerprint density at radius 3 is 2.59 bits per heavy atom. The molecule has 1 atom stereocenters. The zero-order valence-corrected chi connectivity index (χ0v) is 20.3. The van der Waals surface area contributed by atoms with Crippen LogP contribution in [-0.2, 0) is 9.53 Å². The van der Waals surface area contributed by atoms with Gasteiger partial charge in [0.2, 0.25) is 0 Å². The van der Waals surface area contributed by atoms with E-state index < -0.39 is 12.0 Å². The van der Waals surface area contributed by atoms with Crippen molar-refractivity contribution in [1.29, 1.82) is 0 Å². The van der Waals surface area contributed by atoms with E-state index in [-0.39, 0.29) is 11.1 Å². The molecule has 8 heteroatoms. The Balaban J connectivity index is 1.91. The molecule has 0 bridgehead atoms. The van der Waals surface area contributed by atoms with E-state index >= 15 is 0 Å². The predicted octanol–water partition coefficient (Wildman–Crippen LogP) is 3.12. The molecule has 1 aromatic heterocycles. The lowest BCUT2D eigenvalue weighted by molar-refractivity contribution is -0.136. The molecule has 1 aliphatic rings. The van der Waals surface area contributed by atoms with Crippen LogP contribution in [0.3, 0.4) is 0 Å². The van der Waals surface area contributed by atoms with Crippen LogP contribution in [0.5, 0.6) is 11.5 Å². The molecule has 0 fully saturated rings. The van der Waals surface area contributed by atoms with Crippen molar-refractivity contribution >= 4 is 23.4 Å². The molecule has 3 aromatic rings. The highest BCUT2D eigenvalue weighted by Gasteiger charge is 2.31. The first-order valence-corrected chi connectivity index (χ1v) is 11.8. The number of fused-ring (bicyclic) bond motifs is 1. The van der Waals surface area contributed by atoms with Gasteiger partial charge in [-0.05, 0) is 50.1 Å². The Hall–Kier alpha value is -3.65. The van der Waals surface area contributed by atoms with Crippen LogP contribution < -0.4 is 24.4 Å². The summed E-state index contributed by atoms with van der Waals surface area (Å²) < 4.78 is 18.5. The van der Waals surface area contributed by atoms with Crippen LogP contribution in [-0.4, -0.2) is 30.9 Å². The molecule has 0 aliphatic carbocycles. The molecule has 0 spiro atoms. The zero-order chi connectivity index (χ0) is 24.2. The van der Waals surface area contributed by atoms with Crippen LogP contribution in [0.2, 0.25) is 0 Å². The van der Waals surface area contributed by atoms with E-state index in [4.69, 9.17) is 14.2 Å². The van der Waals surface area contributed by atoms with Crippen LogP contribution in [0.25, 0.3) is 6.08 Å². The first kappa shape index (κ1) is 23.5. The lowest BCUT2D eigenvalue weighted by atomic mass is 9.97. The third-order valence-corrected chi connectivity index (χ3v) is 6.35. The van der Waals surface area contributed by atoms with Gasteiger partial charge in [0.05, 0.1) is 36.5 Å². The van der Waals surface area contributed by atoms with Gasteiger partial charge in [-0.1, -0.05) is 47.2 Å². The van der Waals surface area contributed by atoms with E-state index in [2.05, 4.69) is 4.99 Å². The Labute approximate surface area is 201 Å². The molecule has 0 amide bonds. The molecular formula is C26H26N2O5S. The summed E-state index contributed by atoms with van der Waals surface area (Å²) in [6, 6.07) is 12.6. The highest BCUT2D eigenvalue weighted by Crippen LogP contribution is 2.35. The summed E-state index contributed by atoms with van der Waals surface area (Å²) in [5.74, 6) is 0.599. The number of carbonyl (C=O) groups is 1. The maximum absolute atomic E-state index is 13.6. The first-order chi connectivity index (χ1) is 16.5. The van der Waals surface area contributed by atoms with Crippen LogP contribution in [0.15, 0.2) is 64.0 Å². The summed E-state index contributed by atoms with van der Waals surface area (Å²) in [5.41, 5.74) is 2.76. The number of nitrogens with zero attached hydrogens (tertiary/aromatic N) is 2. The summed E-state index contributed by atoms with van der Waals surface area (Å²) in [6.45, 7) is 6.72. The van der Waals surface area contributed by atoms with Crippen molar-refractivity contribution in [3.05, 3.63) is 90.6 Å². The Bertz CT molecular complexity index is 1430. The van der Waals surface area contributed by atoms with E-state index in [0.717, 1.165) is 11.1 Å². The number of thiazole rings is 1. The second-order valence-electron chi connectivity index (χ2n) is 7.66. The van der Waals surface area contributed by atoms with E-state index in [1.54, 1.807) is 16.7 Å². The number of aromatic nitrogens is 1. The van der Waals surface area contributed by atoms with E-state index in [1.807, 2.05) is 57.2 Å². The molecule has 0 saturated heterocycles. The van der Waals surface area contributed by atoms with Crippen molar-refractivity contribution in [1.82, 2.24) is 4.57 Å². The number of ether oxygens (including phenoxy) is 3. The van der Waals surface area contributed by atoms with Crippen LogP contribution in [0.4, 0.5) is 0 Å². The maximum Gasteiger partial charge on any atom is 0.337 e. The van der Waals surface area contributed by atoms with E-state index in [1.165, 1.54) is 24.6 Å². The summed E-state index contributed by atoms with van der Waals surface area (Å²) in [7, 11) is 1.31. The number of esters is 1. The number of rotatable bonds is 7. The fraction of sp³-hybridized carbons (Fsp3) is 0.269. The smallest absolute Gasteiger partial charge is 0.337 e. The third kappa shape index (κ3) is 4.54. The van der Waals surface area contributed by atoms with Gasteiger partial charge in [0.15, 0.2) is 16.3 Å². The van der Waals surface area contributed by atoms with Crippen molar-refractivity contribution in [2.45, 2.75) is 26.8 Å². The number of methoxy groups -OCH3 is 1. The van der Waals surface area contributed by atoms with Crippen LogP contribution in [0.1, 0.15) is 36.6 Å². The minimum atomic E-state index is -0.710. The average Bonchev–Trinajstić information content (AvgIpc) is 3.14. The fourth-order valence-corrected chi connectivity index (χ4v) is 4.87. The molecule has 4 rings (SSSR count). The summed E-state index contributed by atoms with van der Waals surface area (Å²) in [4.78, 5) is 31.1. The second-order valence-corrected chi connectivity index (χ2v) is 8.67. The first-order valence-electron chi connectivity index (χ1n) is 11.0. The van der Waals surface area contributed by atoms with Gasteiger partial charge in [-0.15, -0.1) is 0 Å². The van der Waals surface area contributed by atoms with Crippen molar-refractivity contribution in [3.8, 4) is 11.5 Å². The quantitative estimate of drug-likeness (QED) is 0.488. The molecule has 7 nitrogen and oxygen atoms in total. The molecule has 0 N–H and O–H groups in total. The summed E-state index contributed by atoms with van der Waals surface area (Å²) >= 11 is 1.28. The largest absolute Gasteiger partial charge is 0.490 e. The number of hydrogen-bond acceptors (Lipinski definition) is 7. The van der Waals surface area contributed by atoms with Gasteiger partial charge in [0, 0.05) is 6.20 Å². The molecule has 0 unspecified atom stereocenters. The highest BCUT2D eigenvalue weighted by molar-refractivity contribution is 7.07. The van der Waals surface area contributed by atoms with Gasteiger partial charge >= 0.3 is 5.97 Å². The van der Waals surface area contributed by atoms with Gasteiger partial charge in [-0.3, -0.25) is 9.36 Å². The molecule has 0 radical (unpaired) electrons.